The summed E-state index contributed by atoms with van der Waals surface area (Å²) in [6.45, 7) is 3.76. The van der Waals surface area contributed by atoms with Crippen LogP contribution in [0.2, 0.25) is 0 Å². The SMILES string of the molecule is CCC(C)(CCl)N=C=O. The number of nitrogens with zero attached hydrogens (tertiary/aromatic N) is 1. The number of hydrogen-bond acceptors (Lipinski definition) is 2. The van der Waals surface area contributed by atoms with Crippen LogP contribution < -0.4 is 0 Å². The Balaban J connectivity index is 4.08. The predicted octanol–water partition coefficient (Wildman–Crippen LogP) is 1.73. The van der Waals surface area contributed by atoms with E-state index in [9.17, 15) is 4.79 Å². The number of isocyanates is 1. The zero-order chi connectivity index (χ0) is 7.33. The van der Waals surface area contributed by atoms with E-state index in [0.29, 0.717) is 5.88 Å². The van der Waals surface area contributed by atoms with Crippen molar-refractivity contribution in [1.82, 2.24) is 0 Å². The average molecular weight is 148 g/mol. The van der Waals surface area contributed by atoms with E-state index in [1.54, 1.807) is 0 Å². The van der Waals surface area contributed by atoms with E-state index in [-0.39, 0.29) is 0 Å². The van der Waals surface area contributed by atoms with Gasteiger partial charge in [0.15, 0.2) is 0 Å². The molecule has 52 valence electrons. The fourth-order valence-corrected chi connectivity index (χ4v) is 0.562. The van der Waals surface area contributed by atoms with Crippen LogP contribution in [0.5, 0.6) is 0 Å². The van der Waals surface area contributed by atoms with Crippen molar-refractivity contribution in [2.75, 3.05) is 5.88 Å². The van der Waals surface area contributed by atoms with E-state index in [4.69, 9.17) is 11.6 Å². The van der Waals surface area contributed by atoms with Crippen molar-refractivity contribution in [3.63, 3.8) is 0 Å². The highest BCUT2D eigenvalue weighted by Gasteiger charge is 2.18. The summed E-state index contributed by atoms with van der Waals surface area (Å²) in [5, 5.41) is 0. The van der Waals surface area contributed by atoms with Crippen molar-refractivity contribution < 1.29 is 4.79 Å². The van der Waals surface area contributed by atoms with E-state index >= 15 is 0 Å². The van der Waals surface area contributed by atoms with Crippen LogP contribution in [0.1, 0.15) is 20.3 Å². The highest BCUT2D eigenvalue weighted by Crippen LogP contribution is 2.15. The predicted molar refractivity (Wildman–Crippen MR) is 37.5 cm³/mol. The van der Waals surface area contributed by atoms with Gasteiger partial charge < -0.3 is 0 Å². The largest absolute Gasteiger partial charge is 0.235 e. The molecule has 0 radical (unpaired) electrons. The van der Waals surface area contributed by atoms with Gasteiger partial charge in [-0.2, -0.15) is 4.99 Å². The zero-order valence-electron chi connectivity index (χ0n) is 5.65. The molecular formula is C6H10ClNO. The number of rotatable bonds is 3. The number of hydrogen-bond donors (Lipinski definition) is 0. The minimum Gasteiger partial charge on any atom is -0.211 e. The number of carbonyl (C=O) groups excluding carboxylic acids is 1. The molecule has 0 aliphatic rings. The van der Waals surface area contributed by atoms with Gasteiger partial charge in [-0.1, -0.05) is 6.92 Å². The van der Waals surface area contributed by atoms with Crippen LogP contribution in [0.15, 0.2) is 4.99 Å². The fraction of sp³-hybridized carbons (Fsp3) is 0.833. The normalized spacial score (nSPS) is 15.9. The molecule has 0 amide bonds. The first-order valence-corrected chi connectivity index (χ1v) is 3.37. The highest BCUT2D eigenvalue weighted by molar-refractivity contribution is 6.18. The fourth-order valence-electron chi connectivity index (χ4n) is 0.314. The molecule has 0 fully saturated rings. The quantitative estimate of drug-likeness (QED) is 0.340. The Morgan fingerprint density at radius 3 is 2.44 bits per heavy atom. The Morgan fingerprint density at radius 2 is 2.33 bits per heavy atom. The molecule has 0 spiro atoms. The van der Waals surface area contributed by atoms with Crippen LogP contribution in [-0.4, -0.2) is 17.5 Å². The molecule has 2 nitrogen and oxygen atoms in total. The Bertz CT molecular complexity index is 125. The van der Waals surface area contributed by atoms with Crippen molar-refractivity contribution in [3.8, 4) is 0 Å². The molecule has 0 bridgehead atoms. The molecule has 0 aromatic carbocycles. The lowest BCUT2D eigenvalue weighted by atomic mass is 10.0. The first-order chi connectivity index (χ1) is 4.18. The molecule has 0 N–H and O–H groups in total. The minimum absolute atomic E-state index is 0.374. The second-order valence-electron chi connectivity index (χ2n) is 2.19. The van der Waals surface area contributed by atoms with E-state index < -0.39 is 5.54 Å². The van der Waals surface area contributed by atoms with Crippen LogP contribution in [-0.2, 0) is 4.79 Å². The summed E-state index contributed by atoms with van der Waals surface area (Å²) in [5.41, 5.74) is -0.399. The van der Waals surface area contributed by atoms with E-state index in [0.717, 1.165) is 6.42 Å². The standard InChI is InChI=1S/C6H10ClNO/c1-3-6(2,4-7)8-5-9/h3-4H2,1-2H3. The van der Waals surface area contributed by atoms with Gasteiger partial charge in [-0.25, -0.2) is 4.79 Å². The molecule has 1 unspecified atom stereocenters. The van der Waals surface area contributed by atoms with Crippen molar-refractivity contribution in [2.24, 2.45) is 4.99 Å². The van der Waals surface area contributed by atoms with Gasteiger partial charge >= 0.3 is 0 Å². The Morgan fingerprint density at radius 1 is 1.78 bits per heavy atom. The maximum absolute atomic E-state index is 9.79. The van der Waals surface area contributed by atoms with Crippen LogP contribution in [0, 0.1) is 0 Å². The molecule has 0 aliphatic heterocycles. The topological polar surface area (TPSA) is 29.4 Å². The van der Waals surface area contributed by atoms with Gasteiger partial charge in [0.2, 0.25) is 6.08 Å². The lowest BCUT2D eigenvalue weighted by Crippen LogP contribution is -2.22. The van der Waals surface area contributed by atoms with E-state index in [1.165, 1.54) is 6.08 Å². The Kier molecular flexibility index (Phi) is 3.52. The van der Waals surface area contributed by atoms with E-state index in [1.807, 2.05) is 13.8 Å². The first-order valence-electron chi connectivity index (χ1n) is 2.83. The van der Waals surface area contributed by atoms with Gasteiger partial charge in [-0.15, -0.1) is 11.6 Å². The molecule has 0 saturated heterocycles. The lowest BCUT2D eigenvalue weighted by molar-refractivity contribution is 0.495. The number of aliphatic imine (C=N–C) groups is 1. The molecule has 9 heavy (non-hydrogen) atoms. The summed E-state index contributed by atoms with van der Waals surface area (Å²) in [6, 6.07) is 0. The lowest BCUT2D eigenvalue weighted by Gasteiger charge is -2.16. The maximum atomic E-state index is 9.79. The van der Waals surface area contributed by atoms with E-state index in [2.05, 4.69) is 4.99 Å². The molecule has 0 saturated carbocycles. The highest BCUT2D eigenvalue weighted by atomic mass is 35.5. The van der Waals surface area contributed by atoms with Gasteiger partial charge in [0.1, 0.15) is 0 Å². The summed E-state index contributed by atoms with van der Waals surface area (Å²) in [4.78, 5) is 13.3. The second kappa shape index (κ2) is 3.65. The van der Waals surface area contributed by atoms with Crippen molar-refractivity contribution >= 4 is 17.7 Å². The first kappa shape index (κ1) is 8.67. The van der Waals surface area contributed by atoms with Gasteiger partial charge in [0, 0.05) is 5.88 Å². The van der Waals surface area contributed by atoms with Crippen LogP contribution in [0.4, 0.5) is 0 Å². The third kappa shape index (κ3) is 2.64. The smallest absolute Gasteiger partial charge is 0.211 e. The third-order valence-electron chi connectivity index (χ3n) is 1.37. The molecule has 0 aliphatic carbocycles. The van der Waals surface area contributed by atoms with Crippen LogP contribution >= 0.6 is 11.6 Å². The van der Waals surface area contributed by atoms with Gasteiger partial charge in [-0.3, -0.25) is 0 Å². The number of halogens is 1. The van der Waals surface area contributed by atoms with Gasteiger partial charge in [0.05, 0.1) is 5.54 Å². The molecule has 1 atom stereocenters. The molecule has 0 rings (SSSR count). The summed E-state index contributed by atoms with van der Waals surface area (Å²) in [7, 11) is 0. The number of alkyl halides is 1. The molecule has 0 aromatic rings. The summed E-state index contributed by atoms with van der Waals surface area (Å²) in [6.07, 6.45) is 2.27. The minimum atomic E-state index is -0.399. The van der Waals surface area contributed by atoms with Gasteiger partial charge in [-0.05, 0) is 13.3 Å². The monoisotopic (exact) mass is 147 g/mol. The van der Waals surface area contributed by atoms with Gasteiger partial charge in [0.25, 0.3) is 0 Å². The molecule has 0 aromatic heterocycles. The summed E-state index contributed by atoms with van der Waals surface area (Å²) < 4.78 is 0. The summed E-state index contributed by atoms with van der Waals surface area (Å²) >= 11 is 5.52. The second-order valence-corrected chi connectivity index (χ2v) is 2.45. The van der Waals surface area contributed by atoms with Crippen molar-refractivity contribution in [1.29, 1.82) is 0 Å². The Hall–Kier alpha value is -0.330. The molecule has 3 heteroatoms. The molecular weight excluding hydrogens is 138 g/mol. The average Bonchev–Trinajstić information content (AvgIpc) is 1.89. The maximum Gasteiger partial charge on any atom is 0.235 e. The van der Waals surface area contributed by atoms with Crippen molar-refractivity contribution in [2.45, 2.75) is 25.8 Å². The van der Waals surface area contributed by atoms with Crippen LogP contribution in [0.25, 0.3) is 0 Å². The Labute approximate surface area is 59.9 Å². The third-order valence-corrected chi connectivity index (χ3v) is 1.94. The molecule has 0 heterocycles. The van der Waals surface area contributed by atoms with Crippen LogP contribution in [0.3, 0.4) is 0 Å². The van der Waals surface area contributed by atoms with Crippen molar-refractivity contribution in [3.05, 3.63) is 0 Å². The summed E-state index contributed by atoms with van der Waals surface area (Å²) in [5.74, 6) is 0.374. The zero-order valence-corrected chi connectivity index (χ0v) is 6.40.